The molecule has 1 aliphatic heterocycles. The van der Waals surface area contributed by atoms with Crippen molar-refractivity contribution in [3.05, 3.63) is 35.5 Å². The molecule has 3 rings (SSSR count). The minimum Gasteiger partial charge on any atom is -0.334 e. The van der Waals surface area contributed by atoms with Crippen molar-refractivity contribution in [2.24, 2.45) is 0 Å². The van der Waals surface area contributed by atoms with Gasteiger partial charge in [0, 0.05) is 37.3 Å². The van der Waals surface area contributed by atoms with Gasteiger partial charge in [-0.25, -0.2) is 15.0 Å². The number of aryl methyl sites for hydroxylation is 2. The number of carbonyl (C=O) groups is 1. The molecular weight excluding hydrogens is 292 g/mol. The normalized spacial score (nSPS) is 17.3. The predicted molar refractivity (Wildman–Crippen MR) is 86.2 cm³/mol. The van der Waals surface area contributed by atoms with Gasteiger partial charge in [0.2, 0.25) is 11.9 Å². The smallest absolute Gasteiger partial charge is 0.228 e. The first-order chi connectivity index (χ1) is 11.0. The fraction of sp³-hybridized carbons (Fsp3) is 0.438. The molecular formula is C16H20N6O. The molecule has 0 saturated carbocycles. The Morgan fingerprint density at radius 3 is 2.61 bits per heavy atom. The van der Waals surface area contributed by atoms with Gasteiger partial charge in [-0.15, -0.1) is 0 Å². The summed E-state index contributed by atoms with van der Waals surface area (Å²) in [5.74, 6) is 1.17. The molecule has 1 amide bonds. The highest BCUT2D eigenvalue weighted by Gasteiger charge is 2.31. The van der Waals surface area contributed by atoms with Gasteiger partial charge >= 0.3 is 0 Å². The number of nitrogens with zero attached hydrogens (tertiary/aromatic N) is 5. The van der Waals surface area contributed by atoms with Crippen molar-refractivity contribution < 1.29 is 4.79 Å². The maximum Gasteiger partial charge on any atom is 0.228 e. The first-order valence-corrected chi connectivity index (χ1v) is 7.72. The Hall–Kier alpha value is -2.57. The van der Waals surface area contributed by atoms with Crippen LogP contribution in [-0.2, 0) is 4.79 Å². The molecule has 7 nitrogen and oxygen atoms in total. The van der Waals surface area contributed by atoms with E-state index in [-0.39, 0.29) is 11.9 Å². The molecule has 0 spiro atoms. The Morgan fingerprint density at radius 2 is 1.91 bits per heavy atom. The molecule has 120 valence electrons. The average Bonchev–Trinajstić information content (AvgIpc) is 2.96. The summed E-state index contributed by atoms with van der Waals surface area (Å²) in [5, 5.41) is 3.16. The summed E-state index contributed by atoms with van der Waals surface area (Å²) in [4.78, 5) is 31.3. The molecule has 1 aliphatic rings. The number of anilines is 2. The van der Waals surface area contributed by atoms with E-state index in [1.165, 1.54) is 0 Å². The second-order valence-electron chi connectivity index (χ2n) is 5.76. The zero-order chi connectivity index (χ0) is 16.4. The molecule has 1 fully saturated rings. The molecule has 1 unspecified atom stereocenters. The average molecular weight is 312 g/mol. The van der Waals surface area contributed by atoms with Crippen LogP contribution < -0.4 is 5.32 Å². The highest BCUT2D eigenvalue weighted by molar-refractivity contribution is 5.74. The van der Waals surface area contributed by atoms with Crippen LogP contribution >= 0.6 is 0 Å². The first kappa shape index (κ1) is 15.3. The quantitative estimate of drug-likeness (QED) is 0.936. The van der Waals surface area contributed by atoms with Crippen molar-refractivity contribution in [1.29, 1.82) is 0 Å². The van der Waals surface area contributed by atoms with Gasteiger partial charge in [0.15, 0.2) is 5.82 Å². The number of rotatable bonds is 3. The third-order valence-electron chi connectivity index (χ3n) is 3.91. The molecule has 7 heteroatoms. The third-order valence-corrected chi connectivity index (χ3v) is 3.91. The molecule has 0 bridgehead atoms. The highest BCUT2D eigenvalue weighted by atomic mass is 16.2. The summed E-state index contributed by atoms with van der Waals surface area (Å²) in [6.07, 6.45) is 5.14. The van der Waals surface area contributed by atoms with Crippen LogP contribution in [0.1, 0.15) is 42.9 Å². The second-order valence-corrected chi connectivity index (χ2v) is 5.76. The topological polar surface area (TPSA) is 83.9 Å². The van der Waals surface area contributed by atoms with E-state index in [9.17, 15) is 4.79 Å². The van der Waals surface area contributed by atoms with Crippen LogP contribution in [0.5, 0.6) is 0 Å². The Balaban J connectivity index is 1.93. The standard InChI is InChI=1S/C16H20N6O/c1-10-9-11(2)20-16(19-10)21-15-14(17-6-7-18-15)13-5-4-8-22(13)12(3)23/h6-7,9,13H,4-5,8H2,1-3H3,(H,18,19,20,21). The van der Waals surface area contributed by atoms with E-state index < -0.39 is 0 Å². The van der Waals surface area contributed by atoms with E-state index in [1.807, 2.05) is 24.8 Å². The van der Waals surface area contributed by atoms with Crippen LogP contribution in [0.15, 0.2) is 18.5 Å². The number of amides is 1. The molecule has 1 N–H and O–H groups in total. The summed E-state index contributed by atoms with van der Waals surface area (Å²) >= 11 is 0. The number of carbonyl (C=O) groups excluding carboxylic acids is 1. The minimum absolute atomic E-state index is 0.0467. The fourth-order valence-electron chi connectivity index (χ4n) is 3.00. The van der Waals surface area contributed by atoms with Crippen LogP contribution in [0.3, 0.4) is 0 Å². The molecule has 0 radical (unpaired) electrons. The van der Waals surface area contributed by atoms with E-state index in [0.29, 0.717) is 11.8 Å². The monoisotopic (exact) mass is 312 g/mol. The predicted octanol–water partition coefficient (Wildman–Crippen LogP) is 2.31. The van der Waals surface area contributed by atoms with Crippen LogP contribution in [-0.4, -0.2) is 37.3 Å². The number of nitrogens with one attached hydrogen (secondary N) is 1. The molecule has 1 saturated heterocycles. The Kier molecular flexibility index (Phi) is 4.18. The zero-order valence-electron chi connectivity index (χ0n) is 13.6. The lowest BCUT2D eigenvalue weighted by molar-refractivity contribution is -0.129. The lowest BCUT2D eigenvalue weighted by atomic mass is 10.1. The summed E-state index contributed by atoms with van der Waals surface area (Å²) in [6.45, 7) is 6.20. The van der Waals surface area contributed by atoms with E-state index in [0.717, 1.165) is 36.5 Å². The molecule has 0 aliphatic carbocycles. The maximum absolute atomic E-state index is 11.8. The van der Waals surface area contributed by atoms with Crippen molar-refractivity contribution in [2.75, 3.05) is 11.9 Å². The zero-order valence-corrected chi connectivity index (χ0v) is 13.6. The summed E-state index contributed by atoms with van der Waals surface area (Å²) < 4.78 is 0. The first-order valence-electron chi connectivity index (χ1n) is 7.72. The van der Waals surface area contributed by atoms with Crippen molar-refractivity contribution in [2.45, 2.75) is 39.7 Å². The molecule has 2 aromatic rings. The Bertz CT molecular complexity index is 712. The fourth-order valence-corrected chi connectivity index (χ4v) is 3.00. The van der Waals surface area contributed by atoms with Crippen molar-refractivity contribution in [3.63, 3.8) is 0 Å². The molecule has 3 heterocycles. The van der Waals surface area contributed by atoms with Gasteiger partial charge in [-0.05, 0) is 32.8 Å². The SMILES string of the molecule is CC(=O)N1CCCC1c1nccnc1Nc1nc(C)cc(C)n1. The lowest BCUT2D eigenvalue weighted by Crippen LogP contribution is -2.29. The Morgan fingerprint density at radius 1 is 1.22 bits per heavy atom. The van der Waals surface area contributed by atoms with Crippen LogP contribution in [0.25, 0.3) is 0 Å². The third kappa shape index (κ3) is 3.28. The van der Waals surface area contributed by atoms with Gasteiger partial charge in [0.25, 0.3) is 0 Å². The summed E-state index contributed by atoms with van der Waals surface area (Å²) in [6, 6.07) is 1.87. The maximum atomic E-state index is 11.8. The van der Waals surface area contributed by atoms with E-state index >= 15 is 0 Å². The van der Waals surface area contributed by atoms with Gasteiger partial charge in [-0.2, -0.15) is 0 Å². The number of likely N-dealkylation sites (tertiary alicyclic amines) is 1. The van der Waals surface area contributed by atoms with E-state index in [2.05, 4.69) is 25.3 Å². The van der Waals surface area contributed by atoms with Gasteiger partial charge < -0.3 is 10.2 Å². The van der Waals surface area contributed by atoms with Crippen molar-refractivity contribution >= 4 is 17.7 Å². The van der Waals surface area contributed by atoms with Crippen LogP contribution in [0.2, 0.25) is 0 Å². The highest BCUT2D eigenvalue weighted by Crippen LogP contribution is 2.34. The summed E-state index contributed by atoms with van der Waals surface area (Å²) in [7, 11) is 0. The molecule has 0 aromatic carbocycles. The van der Waals surface area contributed by atoms with Crippen molar-refractivity contribution in [3.8, 4) is 0 Å². The van der Waals surface area contributed by atoms with Gasteiger partial charge in [-0.3, -0.25) is 9.78 Å². The lowest BCUT2D eigenvalue weighted by Gasteiger charge is -2.24. The van der Waals surface area contributed by atoms with Gasteiger partial charge in [0.05, 0.1) is 6.04 Å². The largest absolute Gasteiger partial charge is 0.334 e. The number of hydrogen-bond acceptors (Lipinski definition) is 6. The van der Waals surface area contributed by atoms with Gasteiger partial charge in [0.1, 0.15) is 5.69 Å². The van der Waals surface area contributed by atoms with E-state index in [4.69, 9.17) is 0 Å². The molecule has 2 aromatic heterocycles. The van der Waals surface area contributed by atoms with Crippen LogP contribution in [0.4, 0.5) is 11.8 Å². The second kappa shape index (κ2) is 6.28. The minimum atomic E-state index is -0.0467. The number of hydrogen-bond donors (Lipinski definition) is 1. The van der Waals surface area contributed by atoms with Crippen LogP contribution in [0, 0.1) is 13.8 Å². The van der Waals surface area contributed by atoms with Crippen molar-refractivity contribution in [1.82, 2.24) is 24.8 Å². The molecule has 1 atom stereocenters. The van der Waals surface area contributed by atoms with E-state index in [1.54, 1.807) is 19.3 Å². The number of aromatic nitrogens is 4. The van der Waals surface area contributed by atoms with Gasteiger partial charge in [-0.1, -0.05) is 0 Å². The Labute approximate surface area is 135 Å². The molecule has 23 heavy (non-hydrogen) atoms. The summed E-state index contributed by atoms with van der Waals surface area (Å²) in [5.41, 5.74) is 2.54.